The normalized spacial score (nSPS) is 11.8. The van der Waals surface area contributed by atoms with Gasteiger partial charge in [-0.15, -0.1) is 0 Å². The Bertz CT molecular complexity index is 623. The van der Waals surface area contributed by atoms with Gasteiger partial charge in [-0.05, 0) is 48.6 Å². The Labute approximate surface area is 146 Å². The standard InChI is InChI=1S/C19H23BrN2O/c1-3-15-4-8-17(9-5-15)14(2)22-19(23)21-13-12-16-6-10-18(20)11-7-16/h4-11,14H,3,12-13H2,1-2H3,(H2,21,22,23). The molecule has 122 valence electrons. The second-order valence-corrected chi connectivity index (χ2v) is 6.51. The predicted molar refractivity (Wildman–Crippen MR) is 98.6 cm³/mol. The molecule has 0 aliphatic rings. The monoisotopic (exact) mass is 374 g/mol. The smallest absolute Gasteiger partial charge is 0.315 e. The predicted octanol–water partition coefficient (Wildman–Crippen LogP) is 4.61. The Morgan fingerprint density at radius 2 is 1.65 bits per heavy atom. The molecule has 0 heterocycles. The highest BCUT2D eigenvalue weighted by Crippen LogP contribution is 2.13. The van der Waals surface area contributed by atoms with E-state index in [1.807, 2.05) is 19.1 Å². The van der Waals surface area contributed by atoms with Gasteiger partial charge in [-0.25, -0.2) is 4.79 Å². The van der Waals surface area contributed by atoms with Crippen molar-refractivity contribution in [3.8, 4) is 0 Å². The molecular formula is C19H23BrN2O. The van der Waals surface area contributed by atoms with Crippen LogP contribution in [0.5, 0.6) is 0 Å². The zero-order valence-electron chi connectivity index (χ0n) is 13.6. The summed E-state index contributed by atoms with van der Waals surface area (Å²) in [6, 6.07) is 16.4. The number of hydrogen-bond acceptors (Lipinski definition) is 1. The van der Waals surface area contributed by atoms with Crippen molar-refractivity contribution in [2.75, 3.05) is 6.54 Å². The molecule has 0 fully saturated rings. The summed E-state index contributed by atoms with van der Waals surface area (Å²) < 4.78 is 1.06. The van der Waals surface area contributed by atoms with Crippen molar-refractivity contribution in [1.29, 1.82) is 0 Å². The molecule has 0 saturated carbocycles. The fraction of sp³-hybridized carbons (Fsp3) is 0.316. The Kier molecular flexibility index (Phi) is 6.66. The molecule has 1 unspecified atom stereocenters. The van der Waals surface area contributed by atoms with Crippen molar-refractivity contribution in [3.05, 3.63) is 69.7 Å². The molecule has 3 nitrogen and oxygen atoms in total. The number of urea groups is 1. The summed E-state index contributed by atoms with van der Waals surface area (Å²) in [7, 11) is 0. The van der Waals surface area contributed by atoms with Gasteiger partial charge in [-0.2, -0.15) is 0 Å². The van der Waals surface area contributed by atoms with E-state index in [-0.39, 0.29) is 12.1 Å². The Morgan fingerprint density at radius 3 is 2.26 bits per heavy atom. The van der Waals surface area contributed by atoms with Crippen LogP contribution in [0, 0.1) is 0 Å². The molecule has 0 aliphatic heterocycles. The molecule has 4 heteroatoms. The van der Waals surface area contributed by atoms with Crippen LogP contribution in [-0.4, -0.2) is 12.6 Å². The molecule has 0 aromatic heterocycles. The van der Waals surface area contributed by atoms with Gasteiger partial charge < -0.3 is 10.6 Å². The number of hydrogen-bond donors (Lipinski definition) is 2. The van der Waals surface area contributed by atoms with Gasteiger partial charge in [0.25, 0.3) is 0 Å². The third kappa shape index (κ3) is 5.71. The zero-order chi connectivity index (χ0) is 16.7. The van der Waals surface area contributed by atoms with Crippen LogP contribution in [0.2, 0.25) is 0 Å². The highest BCUT2D eigenvalue weighted by Gasteiger charge is 2.08. The lowest BCUT2D eigenvalue weighted by molar-refractivity contribution is 0.238. The van der Waals surface area contributed by atoms with Crippen molar-refractivity contribution in [3.63, 3.8) is 0 Å². The van der Waals surface area contributed by atoms with Gasteiger partial charge in [0, 0.05) is 11.0 Å². The number of amides is 2. The number of rotatable bonds is 6. The molecule has 2 rings (SSSR count). The van der Waals surface area contributed by atoms with E-state index in [1.165, 1.54) is 11.1 Å². The van der Waals surface area contributed by atoms with Gasteiger partial charge in [0.15, 0.2) is 0 Å². The summed E-state index contributed by atoms with van der Waals surface area (Å²) >= 11 is 3.42. The van der Waals surface area contributed by atoms with Crippen molar-refractivity contribution >= 4 is 22.0 Å². The maximum absolute atomic E-state index is 12.0. The van der Waals surface area contributed by atoms with Crippen LogP contribution in [0.15, 0.2) is 53.0 Å². The average Bonchev–Trinajstić information content (AvgIpc) is 2.56. The van der Waals surface area contributed by atoms with Crippen molar-refractivity contribution in [2.24, 2.45) is 0 Å². The summed E-state index contributed by atoms with van der Waals surface area (Å²) in [5, 5.41) is 5.88. The molecular weight excluding hydrogens is 352 g/mol. The quantitative estimate of drug-likeness (QED) is 0.760. The minimum Gasteiger partial charge on any atom is -0.338 e. The number of aryl methyl sites for hydroxylation is 1. The Balaban J connectivity index is 1.76. The first-order valence-electron chi connectivity index (χ1n) is 7.96. The van der Waals surface area contributed by atoms with Crippen LogP contribution < -0.4 is 10.6 Å². The van der Waals surface area contributed by atoms with Gasteiger partial charge in [0.05, 0.1) is 6.04 Å². The lowest BCUT2D eigenvalue weighted by Crippen LogP contribution is -2.38. The third-order valence-corrected chi connectivity index (χ3v) is 4.38. The number of nitrogens with one attached hydrogen (secondary N) is 2. The molecule has 2 aromatic rings. The fourth-order valence-electron chi connectivity index (χ4n) is 2.34. The highest BCUT2D eigenvalue weighted by atomic mass is 79.9. The van der Waals surface area contributed by atoms with Gasteiger partial charge in [-0.3, -0.25) is 0 Å². The lowest BCUT2D eigenvalue weighted by Gasteiger charge is -2.15. The molecule has 2 N–H and O–H groups in total. The van der Waals surface area contributed by atoms with Crippen molar-refractivity contribution in [1.82, 2.24) is 10.6 Å². The molecule has 23 heavy (non-hydrogen) atoms. The number of halogens is 1. The van der Waals surface area contributed by atoms with Crippen molar-refractivity contribution in [2.45, 2.75) is 32.7 Å². The van der Waals surface area contributed by atoms with E-state index in [9.17, 15) is 4.79 Å². The summed E-state index contributed by atoms with van der Waals surface area (Å²) in [5.74, 6) is 0. The molecule has 0 radical (unpaired) electrons. The largest absolute Gasteiger partial charge is 0.338 e. The van der Waals surface area contributed by atoms with E-state index in [4.69, 9.17) is 0 Å². The molecule has 0 aliphatic carbocycles. The molecule has 2 amide bonds. The SMILES string of the molecule is CCc1ccc(C(C)NC(=O)NCCc2ccc(Br)cc2)cc1. The number of carbonyl (C=O) groups is 1. The van der Waals surface area contributed by atoms with Crippen LogP contribution in [-0.2, 0) is 12.8 Å². The molecule has 0 bridgehead atoms. The molecule has 0 spiro atoms. The van der Waals surface area contributed by atoms with E-state index < -0.39 is 0 Å². The summed E-state index contributed by atoms with van der Waals surface area (Å²) in [5.41, 5.74) is 3.63. The second-order valence-electron chi connectivity index (χ2n) is 5.59. The summed E-state index contributed by atoms with van der Waals surface area (Å²) in [4.78, 5) is 12.0. The van der Waals surface area contributed by atoms with E-state index in [1.54, 1.807) is 0 Å². The highest BCUT2D eigenvalue weighted by molar-refractivity contribution is 9.10. The first kappa shape index (κ1) is 17.5. The van der Waals surface area contributed by atoms with Crippen molar-refractivity contribution < 1.29 is 4.79 Å². The van der Waals surface area contributed by atoms with Crippen LogP contribution in [0.4, 0.5) is 4.79 Å². The van der Waals surface area contributed by atoms with Gasteiger partial charge >= 0.3 is 6.03 Å². The van der Waals surface area contributed by atoms with E-state index >= 15 is 0 Å². The second kappa shape index (κ2) is 8.73. The number of benzene rings is 2. The first-order valence-corrected chi connectivity index (χ1v) is 8.75. The lowest BCUT2D eigenvalue weighted by atomic mass is 10.1. The zero-order valence-corrected chi connectivity index (χ0v) is 15.2. The van der Waals surface area contributed by atoms with Crippen LogP contribution in [0.3, 0.4) is 0 Å². The van der Waals surface area contributed by atoms with E-state index in [2.05, 4.69) is 69.9 Å². The summed E-state index contributed by atoms with van der Waals surface area (Å²) in [6.45, 7) is 4.75. The van der Waals surface area contributed by atoms with E-state index in [0.717, 1.165) is 22.9 Å². The first-order chi connectivity index (χ1) is 11.1. The molecule has 0 saturated heterocycles. The van der Waals surface area contributed by atoms with Gasteiger partial charge in [0.2, 0.25) is 0 Å². The van der Waals surface area contributed by atoms with E-state index in [0.29, 0.717) is 6.54 Å². The Hall–Kier alpha value is -1.81. The topological polar surface area (TPSA) is 41.1 Å². The average molecular weight is 375 g/mol. The van der Waals surface area contributed by atoms with Gasteiger partial charge in [0.1, 0.15) is 0 Å². The molecule has 1 atom stereocenters. The maximum atomic E-state index is 12.0. The van der Waals surface area contributed by atoms with Crippen LogP contribution >= 0.6 is 15.9 Å². The minimum absolute atomic E-state index is 0.00594. The maximum Gasteiger partial charge on any atom is 0.315 e. The third-order valence-electron chi connectivity index (χ3n) is 3.85. The molecule has 2 aromatic carbocycles. The van der Waals surface area contributed by atoms with Crippen LogP contribution in [0.1, 0.15) is 36.6 Å². The summed E-state index contributed by atoms with van der Waals surface area (Å²) in [6.07, 6.45) is 1.85. The number of carbonyl (C=O) groups excluding carboxylic acids is 1. The fourth-order valence-corrected chi connectivity index (χ4v) is 2.61. The Morgan fingerprint density at radius 1 is 1.04 bits per heavy atom. The van der Waals surface area contributed by atoms with Gasteiger partial charge in [-0.1, -0.05) is 59.3 Å². The minimum atomic E-state index is -0.130. The van der Waals surface area contributed by atoms with Crippen LogP contribution in [0.25, 0.3) is 0 Å².